The van der Waals surface area contributed by atoms with Gasteiger partial charge in [-0.05, 0) is 29.4 Å². The number of rotatable bonds is 3. The Hall–Kier alpha value is -1.92. The van der Waals surface area contributed by atoms with Crippen molar-refractivity contribution in [3.8, 4) is 0 Å². The molecule has 0 saturated carbocycles. The van der Waals surface area contributed by atoms with Crippen molar-refractivity contribution in [2.45, 2.75) is 6.18 Å². The van der Waals surface area contributed by atoms with Gasteiger partial charge in [0.1, 0.15) is 5.69 Å². The maximum Gasteiger partial charge on any atom is 0.422 e. The lowest BCUT2D eigenvalue weighted by atomic mass is 10.2. The molecule has 0 unspecified atom stereocenters. The molecule has 0 N–H and O–H groups in total. The lowest BCUT2D eigenvalue weighted by Gasteiger charge is -2.07. The Morgan fingerprint density at radius 1 is 1.25 bits per heavy atom. The zero-order valence-electron chi connectivity index (χ0n) is 7.82. The summed E-state index contributed by atoms with van der Waals surface area (Å²) in [5.74, 6) is -1.10. The molecule has 0 aliphatic heterocycles. The van der Waals surface area contributed by atoms with Gasteiger partial charge >= 0.3 is 12.1 Å². The number of nitrogens with zero attached hydrogens (tertiary/aromatic N) is 1. The Kier molecular flexibility index (Phi) is 3.60. The molecule has 0 atom stereocenters. The largest absolute Gasteiger partial charge is 0.452 e. The van der Waals surface area contributed by atoms with Crippen molar-refractivity contribution < 1.29 is 22.7 Å². The van der Waals surface area contributed by atoms with E-state index in [4.69, 9.17) is 0 Å². The van der Waals surface area contributed by atoms with Crippen molar-refractivity contribution in [2.24, 2.45) is 5.18 Å². The molecule has 0 fully saturated rings. The third-order valence-electron chi connectivity index (χ3n) is 1.58. The van der Waals surface area contributed by atoms with Crippen LogP contribution >= 0.6 is 0 Å². The van der Waals surface area contributed by atoms with Crippen LogP contribution < -0.4 is 0 Å². The van der Waals surface area contributed by atoms with E-state index in [2.05, 4.69) is 9.91 Å². The van der Waals surface area contributed by atoms with Crippen molar-refractivity contribution in [1.29, 1.82) is 0 Å². The van der Waals surface area contributed by atoms with Gasteiger partial charge in [-0.15, -0.1) is 4.91 Å². The van der Waals surface area contributed by atoms with Crippen molar-refractivity contribution >= 4 is 11.7 Å². The van der Waals surface area contributed by atoms with Gasteiger partial charge in [0, 0.05) is 0 Å². The van der Waals surface area contributed by atoms with Crippen LogP contribution in [0.2, 0.25) is 0 Å². The third-order valence-corrected chi connectivity index (χ3v) is 1.58. The molecule has 7 heteroatoms. The van der Waals surface area contributed by atoms with Gasteiger partial charge in [0.15, 0.2) is 6.61 Å². The normalized spacial score (nSPS) is 10.9. The molecule has 86 valence electrons. The van der Waals surface area contributed by atoms with E-state index < -0.39 is 18.8 Å². The van der Waals surface area contributed by atoms with Gasteiger partial charge in [-0.1, -0.05) is 0 Å². The predicted octanol–water partition coefficient (Wildman–Crippen LogP) is 2.80. The van der Waals surface area contributed by atoms with Crippen LogP contribution in [0.3, 0.4) is 0 Å². The molecular formula is C9H6F3NO3. The molecule has 0 heterocycles. The minimum Gasteiger partial charge on any atom is -0.452 e. The second kappa shape index (κ2) is 4.73. The number of halogens is 3. The van der Waals surface area contributed by atoms with E-state index >= 15 is 0 Å². The van der Waals surface area contributed by atoms with Gasteiger partial charge in [0.05, 0.1) is 5.56 Å². The van der Waals surface area contributed by atoms with E-state index in [1.165, 1.54) is 12.1 Å². The van der Waals surface area contributed by atoms with Crippen molar-refractivity contribution in [1.82, 2.24) is 0 Å². The summed E-state index contributed by atoms with van der Waals surface area (Å²) in [5, 5.41) is 2.57. The summed E-state index contributed by atoms with van der Waals surface area (Å²) >= 11 is 0. The van der Waals surface area contributed by atoms with Crippen LogP contribution in [0.1, 0.15) is 10.4 Å². The molecule has 0 radical (unpaired) electrons. The highest BCUT2D eigenvalue weighted by molar-refractivity contribution is 5.89. The maximum absolute atomic E-state index is 11.7. The first-order chi connectivity index (χ1) is 7.42. The topological polar surface area (TPSA) is 55.7 Å². The number of esters is 1. The second-order valence-corrected chi connectivity index (χ2v) is 2.83. The first kappa shape index (κ1) is 12.2. The summed E-state index contributed by atoms with van der Waals surface area (Å²) < 4.78 is 39.1. The number of nitroso groups, excluding NO2 is 1. The van der Waals surface area contributed by atoms with Gasteiger partial charge in [-0.25, -0.2) is 4.79 Å². The van der Waals surface area contributed by atoms with Crippen LogP contribution in [-0.4, -0.2) is 18.8 Å². The lowest BCUT2D eigenvalue weighted by molar-refractivity contribution is -0.161. The number of carbonyl (C=O) groups is 1. The minimum absolute atomic E-state index is 0.0725. The highest BCUT2D eigenvalue weighted by Crippen LogP contribution is 2.17. The summed E-state index contributed by atoms with van der Waals surface area (Å²) in [5.41, 5.74) is 0.00372. The smallest absolute Gasteiger partial charge is 0.422 e. The molecular weight excluding hydrogens is 227 g/mol. The van der Waals surface area contributed by atoms with Crippen LogP contribution in [0, 0.1) is 4.91 Å². The second-order valence-electron chi connectivity index (χ2n) is 2.83. The van der Waals surface area contributed by atoms with Gasteiger partial charge in [0.25, 0.3) is 0 Å². The number of benzene rings is 1. The minimum atomic E-state index is -4.56. The monoisotopic (exact) mass is 233 g/mol. The molecule has 0 spiro atoms. The van der Waals surface area contributed by atoms with Crippen LogP contribution in [-0.2, 0) is 4.74 Å². The lowest BCUT2D eigenvalue weighted by Crippen LogP contribution is -2.20. The fourth-order valence-corrected chi connectivity index (χ4v) is 0.889. The van der Waals surface area contributed by atoms with E-state index in [1.54, 1.807) is 0 Å². The van der Waals surface area contributed by atoms with E-state index in [0.717, 1.165) is 12.1 Å². The molecule has 1 rings (SSSR count). The molecule has 0 aliphatic carbocycles. The molecule has 0 saturated heterocycles. The summed E-state index contributed by atoms with van der Waals surface area (Å²) in [6.45, 7) is -1.64. The van der Waals surface area contributed by atoms with Gasteiger partial charge in [-0.3, -0.25) is 0 Å². The van der Waals surface area contributed by atoms with E-state index in [9.17, 15) is 22.9 Å². The maximum atomic E-state index is 11.7. The zero-order valence-corrected chi connectivity index (χ0v) is 7.82. The van der Waals surface area contributed by atoms with Gasteiger partial charge < -0.3 is 4.74 Å². The standard InChI is InChI=1S/C9H6F3NO3/c10-9(11,12)5-16-8(14)6-1-3-7(13-15)4-2-6/h1-4H,5H2. The molecule has 0 bridgehead atoms. The quantitative estimate of drug-likeness (QED) is 0.595. The van der Waals surface area contributed by atoms with Gasteiger partial charge in [-0.2, -0.15) is 13.2 Å². The van der Waals surface area contributed by atoms with E-state index in [-0.39, 0.29) is 11.3 Å². The Labute approximate surface area is 88.0 Å². The fraction of sp³-hybridized carbons (Fsp3) is 0.222. The summed E-state index contributed by atoms with van der Waals surface area (Å²) in [6.07, 6.45) is -4.56. The van der Waals surface area contributed by atoms with Crippen LogP contribution in [0.5, 0.6) is 0 Å². The molecule has 4 nitrogen and oxygen atoms in total. The summed E-state index contributed by atoms with van der Waals surface area (Å²) in [4.78, 5) is 21.1. The molecule has 0 aliphatic rings. The molecule has 0 aromatic heterocycles. The zero-order chi connectivity index (χ0) is 12.2. The predicted molar refractivity (Wildman–Crippen MR) is 48.2 cm³/mol. The average molecular weight is 233 g/mol. The SMILES string of the molecule is O=Nc1ccc(C(=O)OCC(F)(F)F)cc1. The fourth-order valence-electron chi connectivity index (χ4n) is 0.889. The molecule has 16 heavy (non-hydrogen) atoms. The molecule has 1 aromatic rings. The Morgan fingerprint density at radius 2 is 1.81 bits per heavy atom. The summed E-state index contributed by atoms with van der Waals surface area (Å²) in [7, 11) is 0. The average Bonchev–Trinajstić information content (AvgIpc) is 2.25. The molecule has 1 aromatic carbocycles. The number of carbonyl (C=O) groups excluding carboxylic acids is 1. The Balaban J connectivity index is 2.63. The van der Waals surface area contributed by atoms with E-state index in [0.29, 0.717) is 0 Å². The number of hydrogen-bond donors (Lipinski definition) is 0. The van der Waals surface area contributed by atoms with Crippen molar-refractivity contribution in [3.05, 3.63) is 34.7 Å². The Morgan fingerprint density at radius 3 is 2.25 bits per heavy atom. The number of alkyl halides is 3. The van der Waals surface area contributed by atoms with Crippen molar-refractivity contribution in [3.63, 3.8) is 0 Å². The highest BCUT2D eigenvalue weighted by Gasteiger charge is 2.29. The van der Waals surface area contributed by atoms with Gasteiger partial charge in [0.2, 0.25) is 0 Å². The molecule has 0 amide bonds. The first-order valence-electron chi connectivity index (χ1n) is 4.09. The van der Waals surface area contributed by atoms with Crippen LogP contribution in [0.4, 0.5) is 18.9 Å². The Bertz CT molecular complexity index is 386. The number of ether oxygens (including phenoxy) is 1. The van der Waals surface area contributed by atoms with Crippen LogP contribution in [0.25, 0.3) is 0 Å². The van der Waals surface area contributed by atoms with Crippen molar-refractivity contribution in [2.75, 3.05) is 6.61 Å². The first-order valence-corrected chi connectivity index (χ1v) is 4.09. The summed E-state index contributed by atoms with van der Waals surface area (Å²) in [6, 6.07) is 4.74. The third kappa shape index (κ3) is 3.68. The number of hydrogen-bond acceptors (Lipinski definition) is 4. The highest BCUT2D eigenvalue weighted by atomic mass is 19.4. The van der Waals surface area contributed by atoms with E-state index in [1.807, 2.05) is 0 Å². The van der Waals surface area contributed by atoms with Crippen LogP contribution in [0.15, 0.2) is 29.4 Å².